The highest BCUT2D eigenvalue weighted by Gasteiger charge is 2.32. The lowest BCUT2D eigenvalue weighted by atomic mass is 9.95. The zero-order valence-electron chi connectivity index (χ0n) is 22.0. The van der Waals surface area contributed by atoms with Crippen LogP contribution in [-0.4, -0.2) is 58.7 Å². The van der Waals surface area contributed by atoms with Gasteiger partial charge in [0.15, 0.2) is 18.1 Å². The molecule has 3 N–H and O–H groups in total. The SMILES string of the molecule is CCOC(=O)C1=C(C)NC(=O)N[C@@H]1c1ccc(OCC(=O)N/N=C\c2cc(Br)c(OC)cc2OC)c(OC)c1. The van der Waals surface area contributed by atoms with Gasteiger partial charge in [-0.3, -0.25) is 4.79 Å². The lowest BCUT2D eigenvalue weighted by Gasteiger charge is -2.28. The van der Waals surface area contributed by atoms with Gasteiger partial charge >= 0.3 is 12.0 Å². The fraction of sp³-hybridized carbons (Fsp3) is 0.308. The number of esters is 1. The number of halogens is 1. The van der Waals surface area contributed by atoms with Crippen LogP contribution < -0.4 is 35.0 Å². The molecule has 0 radical (unpaired) electrons. The molecular weight excluding hydrogens is 576 g/mol. The van der Waals surface area contributed by atoms with Crippen molar-refractivity contribution >= 4 is 40.1 Å². The molecule has 0 unspecified atom stereocenters. The number of nitrogens with one attached hydrogen (secondary N) is 3. The molecule has 2 aromatic carbocycles. The maximum absolute atomic E-state index is 12.6. The third kappa shape index (κ3) is 7.19. The highest BCUT2D eigenvalue weighted by molar-refractivity contribution is 9.10. The molecule has 1 heterocycles. The van der Waals surface area contributed by atoms with Gasteiger partial charge in [-0.25, -0.2) is 15.0 Å². The number of amides is 3. The number of nitrogens with zero attached hydrogens (tertiary/aromatic N) is 1. The van der Waals surface area contributed by atoms with E-state index in [9.17, 15) is 14.4 Å². The molecule has 3 amide bonds. The summed E-state index contributed by atoms with van der Waals surface area (Å²) in [5.74, 6) is 0.605. The minimum atomic E-state index is -0.770. The molecule has 0 saturated heterocycles. The fourth-order valence-electron chi connectivity index (χ4n) is 3.74. The van der Waals surface area contributed by atoms with Gasteiger partial charge in [-0.05, 0) is 53.5 Å². The van der Waals surface area contributed by atoms with Gasteiger partial charge in [0.2, 0.25) is 0 Å². The van der Waals surface area contributed by atoms with E-state index in [1.807, 2.05) is 0 Å². The third-order valence-corrected chi connectivity index (χ3v) is 6.16. The molecule has 0 aliphatic carbocycles. The second-order valence-corrected chi connectivity index (χ2v) is 8.87. The summed E-state index contributed by atoms with van der Waals surface area (Å²) in [5, 5.41) is 9.27. The fourth-order valence-corrected chi connectivity index (χ4v) is 4.26. The van der Waals surface area contributed by atoms with Crippen molar-refractivity contribution in [3.05, 3.63) is 57.2 Å². The summed E-state index contributed by atoms with van der Waals surface area (Å²) in [7, 11) is 4.49. The number of hydrazone groups is 1. The summed E-state index contributed by atoms with van der Waals surface area (Å²) in [4.78, 5) is 37.0. The monoisotopic (exact) mass is 604 g/mol. The van der Waals surface area contributed by atoms with Crippen molar-refractivity contribution in [1.82, 2.24) is 16.1 Å². The Kier molecular flexibility index (Phi) is 10.1. The first-order chi connectivity index (χ1) is 18.7. The Morgan fingerprint density at radius 3 is 2.44 bits per heavy atom. The molecule has 1 aliphatic heterocycles. The standard InChI is InChI=1S/C26H29BrN4O8/c1-6-38-25(33)23-14(2)29-26(34)30-24(23)15-7-8-18(21(10-15)37-5)39-13-22(32)31-28-12-16-9-17(27)20(36-4)11-19(16)35-3/h7-12,24H,6,13H2,1-5H3,(H,31,32)(H2,29,30,34)/b28-12-/t24-/m1/s1. The topological polar surface area (TPSA) is 146 Å². The Balaban J connectivity index is 1.69. The molecule has 0 aromatic heterocycles. The summed E-state index contributed by atoms with van der Waals surface area (Å²) in [5.41, 5.74) is 4.22. The summed E-state index contributed by atoms with van der Waals surface area (Å²) >= 11 is 3.40. The first kappa shape index (κ1) is 29.3. The van der Waals surface area contributed by atoms with Crippen LogP contribution >= 0.6 is 15.9 Å². The highest BCUT2D eigenvalue weighted by Crippen LogP contribution is 2.35. The van der Waals surface area contributed by atoms with Crippen LogP contribution in [0.4, 0.5) is 4.79 Å². The van der Waals surface area contributed by atoms with Crippen molar-refractivity contribution in [2.75, 3.05) is 34.5 Å². The number of carbonyl (C=O) groups is 3. The zero-order valence-corrected chi connectivity index (χ0v) is 23.6. The van der Waals surface area contributed by atoms with E-state index in [4.69, 9.17) is 23.7 Å². The molecule has 0 bridgehead atoms. The van der Waals surface area contributed by atoms with E-state index in [0.717, 1.165) is 0 Å². The Morgan fingerprint density at radius 1 is 1.05 bits per heavy atom. The number of ether oxygens (including phenoxy) is 5. The summed E-state index contributed by atoms with van der Waals surface area (Å²) in [6.07, 6.45) is 1.43. The third-order valence-electron chi connectivity index (χ3n) is 5.54. The Hall–Kier alpha value is -4.26. The number of allylic oxidation sites excluding steroid dienone is 1. The number of methoxy groups -OCH3 is 3. The molecule has 13 heteroatoms. The van der Waals surface area contributed by atoms with Gasteiger partial charge in [-0.2, -0.15) is 5.10 Å². The summed E-state index contributed by atoms with van der Waals surface area (Å²) in [6, 6.07) is 7.05. The van der Waals surface area contributed by atoms with Crippen LogP contribution in [0.15, 0.2) is 51.2 Å². The molecular formula is C26H29BrN4O8. The van der Waals surface area contributed by atoms with E-state index in [2.05, 4.69) is 37.1 Å². The molecule has 208 valence electrons. The van der Waals surface area contributed by atoms with E-state index in [1.165, 1.54) is 20.4 Å². The van der Waals surface area contributed by atoms with Crippen LogP contribution in [0, 0.1) is 0 Å². The Morgan fingerprint density at radius 2 is 1.77 bits per heavy atom. The van der Waals surface area contributed by atoms with Crippen LogP contribution in [0.5, 0.6) is 23.0 Å². The minimum absolute atomic E-state index is 0.184. The van der Waals surface area contributed by atoms with Gasteiger partial charge in [-0.15, -0.1) is 0 Å². The van der Waals surface area contributed by atoms with Crippen LogP contribution in [0.3, 0.4) is 0 Å². The number of carbonyl (C=O) groups excluding carboxylic acids is 3. The predicted molar refractivity (Wildman–Crippen MR) is 145 cm³/mol. The summed E-state index contributed by atoms with van der Waals surface area (Å²) < 4.78 is 27.5. The number of urea groups is 1. The predicted octanol–water partition coefficient (Wildman–Crippen LogP) is 3.20. The van der Waals surface area contributed by atoms with Gasteiger partial charge in [0.1, 0.15) is 11.5 Å². The van der Waals surface area contributed by atoms with Crippen LogP contribution in [0.2, 0.25) is 0 Å². The van der Waals surface area contributed by atoms with Gasteiger partial charge in [-0.1, -0.05) is 6.07 Å². The largest absolute Gasteiger partial charge is 0.496 e. The normalized spacial score (nSPS) is 14.8. The quantitative estimate of drug-likeness (QED) is 0.201. The number of hydrogen-bond donors (Lipinski definition) is 3. The second kappa shape index (κ2) is 13.5. The number of hydrogen-bond acceptors (Lipinski definition) is 9. The zero-order chi connectivity index (χ0) is 28.5. The van der Waals surface area contributed by atoms with Crippen LogP contribution in [-0.2, 0) is 14.3 Å². The average Bonchev–Trinajstić information content (AvgIpc) is 2.91. The van der Waals surface area contributed by atoms with E-state index in [1.54, 1.807) is 51.3 Å². The Bertz CT molecular complexity index is 1310. The number of benzene rings is 2. The van der Waals surface area contributed by atoms with Gasteiger partial charge < -0.3 is 34.3 Å². The maximum atomic E-state index is 12.6. The van der Waals surface area contributed by atoms with Crippen molar-refractivity contribution in [3.63, 3.8) is 0 Å². The molecule has 1 atom stereocenters. The first-order valence-electron chi connectivity index (χ1n) is 11.7. The van der Waals surface area contributed by atoms with Crippen LogP contribution in [0.1, 0.15) is 31.0 Å². The highest BCUT2D eigenvalue weighted by atomic mass is 79.9. The molecule has 12 nitrogen and oxygen atoms in total. The van der Waals surface area contributed by atoms with Crippen molar-refractivity contribution < 1.29 is 38.1 Å². The van der Waals surface area contributed by atoms with Gasteiger partial charge in [0.25, 0.3) is 5.91 Å². The lowest BCUT2D eigenvalue weighted by Crippen LogP contribution is -2.45. The van der Waals surface area contributed by atoms with Gasteiger partial charge in [0, 0.05) is 17.3 Å². The molecule has 39 heavy (non-hydrogen) atoms. The Labute approximate surface area is 233 Å². The molecule has 2 aromatic rings. The van der Waals surface area contributed by atoms with Crippen molar-refractivity contribution in [2.45, 2.75) is 19.9 Å². The average molecular weight is 605 g/mol. The van der Waals surface area contributed by atoms with Crippen molar-refractivity contribution in [3.8, 4) is 23.0 Å². The van der Waals surface area contributed by atoms with Crippen LogP contribution in [0.25, 0.3) is 0 Å². The second-order valence-electron chi connectivity index (χ2n) is 8.01. The number of rotatable bonds is 11. The molecule has 0 fully saturated rings. The molecule has 3 rings (SSSR count). The van der Waals surface area contributed by atoms with Gasteiger partial charge in [0.05, 0.1) is 50.2 Å². The minimum Gasteiger partial charge on any atom is -0.496 e. The van der Waals surface area contributed by atoms with Crippen molar-refractivity contribution in [1.29, 1.82) is 0 Å². The first-order valence-corrected chi connectivity index (χ1v) is 12.5. The molecule has 1 aliphatic rings. The smallest absolute Gasteiger partial charge is 0.338 e. The summed E-state index contributed by atoms with van der Waals surface area (Å²) in [6.45, 7) is 3.15. The van der Waals surface area contributed by atoms with E-state index in [-0.39, 0.29) is 24.5 Å². The lowest BCUT2D eigenvalue weighted by molar-refractivity contribution is -0.139. The maximum Gasteiger partial charge on any atom is 0.338 e. The molecule has 0 saturated carbocycles. The van der Waals surface area contributed by atoms with E-state index in [0.29, 0.717) is 38.5 Å². The van der Waals surface area contributed by atoms with E-state index < -0.39 is 23.9 Å². The van der Waals surface area contributed by atoms with Crippen molar-refractivity contribution in [2.24, 2.45) is 5.10 Å². The molecule has 0 spiro atoms. The van der Waals surface area contributed by atoms with E-state index >= 15 is 0 Å².